The third kappa shape index (κ3) is 9.47. The van der Waals surface area contributed by atoms with E-state index in [1.807, 2.05) is 51.1 Å². The minimum absolute atomic E-state index is 0.0885. The molecule has 51 heavy (non-hydrogen) atoms. The Balaban J connectivity index is 1.20. The van der Waals surface area contributed by atoms with Gasteiger partial charge in [0.2, 0.25) is 0 Å². The first-order valence-electron chi connectivity index (χ1n) is 18.4. The summed E-state index contributed by atoms with van der Waals surface area (Å²) in [6.07, 6.45) is 6.56. The van der Waals surface area contributed by atoms with E-state index in [2.05, 4.69) is 76.7 Å². The van der Waals surface area contributed by atoms with Gasteiger partial charge in [-0.15, -0.1) is 0 Å². The van der Waals surface area contributed by atoms with E-state index in [0.717, 1.165) is 102 Å². The molecule has 1 saturated heterocycles. The Morgan fingerprint density at radius 2 is 1.78 bits per heavy atom. The Labute approximate surface area is 302 Å². The number of nitrogens with one attached hydrogen (secondary N) is 1. The van der Waals surface area contributed by atoms with Crippen LogP contribution in [0.5, 0.6) is 5.75 Å². The summed E-state index contributed by atoms with van der Waals surface area (Å²) in [5.41, 5.74) is 8.89. The largest absolute Gasteiger partial charge is 0.465 e. The van der Waals surface area contributed by atoms with E-state index in [-0.39, 0.29) is 12.2 Å². The Kier molecular flexibility index (Phi) is 12.2. The van der Waals surface area contributed by atoms with Crippen LogP contribution in [0.4, 0.5) is 11.4 Å². The number of carbonyl (C=O) groups excluding carboxylic acids is 1. The zero-order chi connectivity index (χ0) is 35.7. The molecular weight excluding hydrogens is 640 g/mol. The van der Waals surface area contributed by atoms with Crippen molar-refractivity contribution in [3.63, 3.8) is 0 Å². The quantitative estimate of drug-likeness (QED) is 0.104. The lowest BCUT2D eigenvalue weighted by molar-refractivity contribution is -0.112. The smallest absolute Gasteiger partial charge is 0.251 e. The molecule has 1 aromatic heterocycles. The molecule has 4 aromatic rings. The molecule has 0 spiro atoms. The highest BCUT2D eigenvalue weighted by atomic mass is 16.7. The molecule has 6 rings (SSSR count). The minimum atomic E-state index is -0.310. The van der Waals surface area contributed by atoms with Crippen molar-refractivity contribution in [2.24, 2.45) is 0 Å². The highest BCUT2D eigenvalue weighted by molar-refractivity contribution is 6.07. The standard InChI is InChI=1S/C42H52N4O5/c1-6-7-22-49-31(4)50-39-15-10-33(11-16-39)34-12-17-41-36(25-34)26-35(18-21-46(41)28-40-29(2)44-51-30(40)3)42(47)43-37-13-8-32(9-14-37)27-45(5)38-19-23-48-24-20-38/h8-17,25-26,31,38H,6-7,18-24,27-28H2,1-5H3,(H,43,47). The highest BCUT2D eigenvalue weighted by Crippen LogP contribution is 2.35. The van der Waals surface area contributed by atoms with Crippen molar-refractivity contribution >= 4 is 23.4 Å². The van der Waals surface area contributed by atoms with Crippen molar-refractivity contribution in [3.8, 4) is 16.9 Å². The average Bonchev–Trinajstić information content (AvgIpc) is 3.34. The molecule has 2 aliphatic rings. The molecule has 0 saturated carbocycles. The van der Waals surface area contributed by atoms with Gasteiger partial charge in [0.1, 0.15) is 11.5 Å². The third-order valence-electron chi connectivity index (χ3n) is 9.97. The predicted molar refractivity (Wildman–Crippen MR) is 203 cm³/mol. The van der Waals surface area contributed by atoms with Crippen LogP contribution < -0.4 is 15.0 Å². The van der Waals surface area contributed by atoms with Crippen molar-refractivity contribution in [1.82, 2.24) is 10.1 Å². The first-order chi connectivity index (χ1) is 24.8. The molecule has 1 atom stereocenters. The first kappa shape index (κ1) is 36.4. The molecule has 3 heterocycles. The number of anilines is 2. The molecule has 1 unspecified atom stereocenters. The van der Waals surface area contributed by atoms with Gasteiger partial charge in [-0.1, -0.05) is 48.8 Å². The molecule has 270 valence electrons. The second-order valence-electron chi connectivity index (χ2n) is 13.8. The van der Waals surface area contributed by atoms with Crippen LogP contribution >= 0.6 is 0 Å². The number of fused-ring (bicyclic) bond motifs is 1. The Bertz CT molecular complexity index is 1760. The van der Waals surface area contributed by atoms with Crippen LogP contribution in [0.15, 0.2) is 76.8 Å². The number of hydrogen-bond donors (Lipinski definition) is 1. The number of amides is 1. The fourth-order valence-corrected chi connectivity index (χ4v) is 6.83. The molecule has 0 radical (unpaired) electrons. The monoisotopic (exact) mass is 692 g/mol. The summed E-state index contributed by atoms with van der Waals surface area (Å²) in [6.45, 7) is 12.5. The number of rotatable bonds is 14. The molecule has 0 bridgehead atoms. The van der Waals surface area contributed by atoms with Crippen LogP contribution in [0.3, 0.4) is 0 Å². The fraction of sp³-hybridized carbons (Fsp3) is 0.429. The normalized spacial score (nSPS) is 15.6. The van der Waals surface area contributed by atoms with Crippen molar-refractivity contribution in [2.75, 3.05) is 43.6 Å². The van der Waals surface area contributed by atoms with E-state index in [1.165, 1.54) is 5.56 Å². The summed E-state index contributed by atoms with van der Waals surface area (Å²) >= 11 is 0. The van der Waals surface area contributed by atoms with Crippen molar-refractivity contribution in [2.45, 2.75) is 85.2 Å². The number of unbranched alkanes of at least 4 members (excludes halogenated alkanes) is 1. The Hall–Kier alpha value is -4.44. The Morgan fingerprint density at radius 3 is 2.49 bits per heavy atom. The van der Waals surface area contributed by atoms with Gasteiger partial charge in [0, 0.05) is 61.4 Å². The van der Waals surface area contributed by atoms with Crippen molar-refractivity contribution < 1.29 is 23.5 Å². The van der Waals surface area contributed by atoms with Gasteiger partial charge in [0.25, 0.3) is 5.91 Å². The third-order valence-corrected chi connectivity index (χ3v) is 9.97. The maximum Gasteiger partial charge on any atom is 0.251 e. The van der Waals surface area contributed by atoms with Crippen LogP contribution in [0, 0.1) is 13.8 Å². The predicted octanol–water partition coefficient (Wildman–Crippen LogP) is 8.54. The minimum Gasteiger partial charge on any atom is -0.465 e. The van der Waals surface area contributed by atoms with Crippen LogP contribution in [-0.2, 0) is 27.4 Å². The summed E-state index contributed by atoms with van der Waals surface area (Å²) in [6, 6.07) is 23.3. The second kappa shape index (κ2) is 17.2. The number of ether oxygens (including phenoxy) is 3. The van der Waals surface area contributed by atoms with Gasteiger partial charge in [0.15, 0.2) is 6.29 Å². The number of benzene rings is 3. The highest BCUT2D eigenvalue weighted by Gasteiger charge is 2.23. The molecule has 2 aliphatic heterocycles. The molecule has 1 fully saturated rings. The summed E-state index contributed by atoms with van der Waals surface area (Å²) < 4.78 is 22.8. The molecule has 0 aliphatic carbocycles. The summed E-state index contributed by atoms with van der Waals surface area (Å²) in [5.74, 6) is 1.49. The SMILES string of the molecule is CCCCOC(C)Oc1ccc(-c2ccc3c(c2)C=C(C(=O)Nc2ccc(CN(C)C4CCOCC4)cc2)CCN3Cc2c(C)noc2C)cc1. The second-order valence-corrected chi connectivity index (χ2v) is 13.8. The van der Waals surface area contributed by atoms with Gasteiger partial charge in [-0.25, -0.2) is 0 Å². The fourth-order valence-electron chi connectivity index (χ4n) is 6.83. The van der Waals surface area contributed by atoms with Gasteiger partial charge in [-0.3, -0.25) is 9.69 Å². The van der Waals surface area contributed by atoms with Crippen LogP contribution in [0.2, 0.25) is 0 Å². The van der Waals surface area contributed by atoms with E-state index in [0.29, 0.717) is 32.2 Å². The number of carbonyl (C=O) groups is 1. The van der Waals surface area contributed by atoms with Crippen LogP contribution in [-0.4, -0.2) is 61.7 Å². The van der Waals surface area contributed by atoms with Crippen LogP contribution in [0.25, 0.3) is 17.2 Å². The van der Waals surface area contributed by atoms with Gasteiger partial charge < -0.3 is 29.0 Å². The van der Waals surface area contributed by atoms with Gasteiger partial charge in [0.05, 0.1) is 12.3 Å². The first-order valence-corrected chi connectivity index (χ1v) is 18.4. The number of nitrogens with zero attached hydrogens (tertiary/aromatic N) is 3. The zero-order valence-corrected chi connectivity index (χ0v) is 30.7. The summed E-state index contributed by atoms with van der Waals surface area (Å²) in [4.78, 5) is 18.6. The molecule has 1 N–H and O–H groups in total. The maximum atomic E-state index is 13.8. The van der Waals surface area contributed by atoms with E-state index in [9.17, 15) is 4.79 Å². The molecule has 9 nitrogen and oxygen atoms in total. The average molecular weight is 693 g/mol. The van der Waals surface area contributed by atoms with Gasteiger partial charge in [-0.2, -0.15) is 0 Å². The topological polar surface area (TPSA) is 89.3 Å². The van der Waals surface area contributed by atoms with Gasteiger partial charge in [-0.05, 0) is 118 Å². The maximum absolute atomic E-state index is 13.8. The lowest BCUT2D eigenvalue weighted by atomic mass is 10.00. The number of aryl methyl sites for hydroxylation is 2. The van der Waals surface area contributed by atoms with E-state index in [4.69, 9.17) is 18.7 Å². The number of hydrogen-bond acceptors (Lipinski definition) is 8. The van der Waals surface area contributed by atoms with Crippen LogP contribution in [0.1, 0.15) is 74.1 Å². The number of aromatic nitrogens is 1. The van der Waals surface area contributed by atoms with E-state index >= 15 is 0 Å². The Morgan fingerprint density at radius 1 is 1.04 bits per heavy atom. The van der Waals surface area contributed by atoms with Crippen molar-refractivity contribution in [3.05, 3.63) is 100 Å². The summed E-state index contributed by atoms with van der Waals surface area (Å²) in [5, 5.41) is 7.36. The van der Waals surface area contributed by atoms with E-state index in [1.54, 1.807) is 0 Å². The van der Waals surface area contributed by atoms with Gasteiger partial charge >= 0.3 is 0 Å². The molecule has 1 amide bonds. The van der Waals surface area contributed by atoms with E-state index < -0.39 is 0 Å². The lowest BCUT2D eigenvalue weighted by Crippen LogP contribution is -2.36. The molecular formula is C42H52N4O5. The summed E-state index contributed by atoms with van der Waals surface area (Å²) in [7, 11) is 2.18. The molecule has 3 aromatic carbocycles. The van der Waals surface area contributed by atoms with Crippen molar-refractivity contribution in [1.29, 1.82) is 0 Å². The zero-order valence-electron chi connectivity index (χ0n) is 30.7. The molecule has 9 heteroatoms. The lowest BCUT2D eigenvalue weighted by Gasteiger charge is -2.31.